The Morgan fingerprint density at radius 1 is 1.38 bits per heavy atom. The highest BCUT2D eigenvalue weighted by atomic mass is 79.9. The number of rotatable bonds is 6. The first-order valence-electron chi connectivity index (χ1n) is 7.84. The van der Waals surface area contributed by atoms with E-state index in [2.05, 4.69) is 28.2 Å². The third-order valence-corrected chi connectivity index (χ3v) is 5.15. The van der Waals surface area contributed by atoms with Gasteiger partial charge in [0.25, 0.3) is 0 Å². The molecule has 1 aliphatic carbocycles. The van der Waals surface area contributed by atoms with Crippen molar-refractivity contribution < 1.29 is 9.84 Å². The van der Waals surface area contributed by atoms with Crippen molar-refractivity contribution in [2.24, 2.45) is 0 Å². The summed E-state index contributed by atoms with van der Waals surface area (Å²) in [4.78, 5) is 0. The molecule has 0 radical (unpaired) electrons. The van der Waals surface area contributed by atoms with Crippen molar-refractivity contribution in [3.8, 4) is 5.75 Å². The molecule has 4 heteroatoms. The molecule has 2 rings (SSSR count). The number of benzene rings is 1. The lowest BCUT2D eigenvalue weighted by Gasteiger charge is -2.36. The number of hydrogen-bond donors (Lipinski definition) is 2. The van der Waals surface area contributed by atoms with Gasteiger partial charge >= 0.3 is 0 Å². The van der Waals surface area contributed by atoms with Crippen molar-refractivity contribution in [2.45, 2.75) is 57.1 Å². The second-order valence-electron chi connectivity index (χ2n) is 6.09. The Bertz CT molecular complexity index is 456. The van der Waals surface area contributed by atoms with E-state index in [4.69, 9.17) is 4.74 Å². The zero-order chi connectivity index (χ0) is 15.3. The Hall–Kier alpha value is -0.580. The third kappa shape index (κ3) is 4.70. The first-order chi connectivity index (χ1) is 10.1. The van der Waals surface area contributed by atoms with Gasteiger partial charge in [0.1, 0.15) is 5.75 Å². The summed E-state index contributed by atoms with van der Waals surface area (Å²) in [6.07, 6.45) is 5.68. The predicted octanol–water partition coefficient (Wildman–Crippen LogP) is 3.67. The van der Waals surface area contributed by atoms with Gasteiger partial charge in [-0.2, -0.15) is 0 Å². The Kier molecular flexibility index (Phi) is 6.08. The summed E-state index contributed by atoms with van der Waals surface area (Å²) < 4.78 is 6.33. The highest BCUT2D eigenvalue weighted by molar-refractivity contribution is 9.10. The number of ether oxygens (including phenoxy) is 1. The minimum atomic E-state index is -0.584. The molecule has 3 nitrogen and oxygen atoms in total. The molecule has 1 saturated carbocycles. The number of methoxy groups -OCH3 is 1. The zero-order valence-corrected chi connectivity index (χ0v) is 14.6. The largest absolute Gasteiger partial charge is 0.497 e. The zero-order valence-electron chi connectivity index (χ0n) is 13.0. The summed E-state index contributed by atoms with van der Waals surface area (Å²) in [6.45, 7) is 3.26. The van der Waals surface area contributed by atoms with Crippen LogP contribution in [-0.2, 0) is 6.42 Å². The van der Waals surface area contributed by atoms with Crippen LogP contribution in [0.1, 0.15) is 44.6 Å². The van der Waals surface area contributed by atoms with Gasteiger partial charge in [0.05, 0.1) is 12.7 Å². The van der Waals surface area contributed by atoms with E-state index in [0.717, 1.165) is 54.4 Å². The van der Waals surface area contributed by atoms with Crippen molar-refractivity contribution in [3.63, 3.8) is 0 Å². The van der Waals surface area contributed by atoms with Gasteiger partial charge in [-0.05, 0) is 62.4 Å². The Labute approximate surface area is 136 Å². The van der Waals surface area contributed by atoms with E-state index in [-0.39, 0.29) is 0 Å². The van der Waals surface area contributed by atoms with Crippen molar-refractivity contribution in [1.29, 1.82) is 0 Å². The van der Waals surface area contributed by atoms with Gasteiger partial charge in [-0.3, -0.25) is 0 Å². The molecule has 2 N–H and O–H groups in total. The topological polar surface area (TPSA) is 41.5 Å². The monoisotopic (exact) mass is 355 g/mol. The number of aliphatic hydroxyl groups is 1. The van der Waals surface area contributed by atoms with Gasteiger partial charge in [0.2, 0.25) is 0 Å². The van der Waals surface area contributed by atoms with Gasteiger partial charge in [-0.1, -0.05) is 22.9 Å². The average molecular weight is 356 g/mol. The molecule has 0 unspecified atom stereocenters. The first-order valence-corrected chi connectivity index (χ1v) is 8.64. The summed E-state index contributed by atoms with van der Waals surface area (Å²) >= 11 is 3.58. The van der Waals surface area contributed by atoms with Gasteiger partial charge in [-0.25, -0.2) is 0 Å². The van der Waals surface area contributed by atoms with Gasteiger partial charge in [0.15, 0.2) is 0 Å². The maximum Gasteiger partial charge on any atom is 0.119 e. The molecule has 0 heterocycles. The van der Waals surface area contributed by atoms with Gasteiger partial charge in [0, 0.05) is 16.9 Å². The first kappa shape index (κ1) is 16.8. The normalized spacial score (nSPS) is 25.8. The molecular weight excluding hydrogens is 330 g/mol. The Morgan fingerprint density at radius 2 is 2.10 bits per heavy atom. The van der Waals surface area contributed by atoms with Crippen molar-refractivity contribution in [2.75, 3.05) is 13.7 Å². The third-order valence-electron chi connectivity index (χ3n) is 4.37. The second-order valence-corrected chi connectivity index (χ2v) is 6.94. The van der Waals surface area contributed by atoms with Crippen LogP contribution in [0.25, 0.3) is 0 Å². The van der Waals surface area contributed by atoms with E-state index >= 15 is 0 Å². The summed E-state index contributed by atoms with van der Waals surface area (Å²) in [7, 11) is 1.67. The molecule has 1 fully saturated rings. The lowest BCUT2D eigenvalue weighted by molar-refractivity contribution is -0.00321. The van der Waals surface area contributed by atoms with E-state index in [1.165, 1.54) is 0 Å². The minimum absolute atomic E-state index is 0.568. The molecule has 0 saturated heterocycles. The lowest BCUT2D eigenvalue weighted by Crippen LogP contribution is -2.42. The van der Waals surface area contributed by atoms with Gasteiger partial charge < -0.3 is 15.2 Å². The quantitative estimate of drug-likeness (QED) is 0.817. The summed E-state index contributed by atoms with van der Waals surface area (Å²) in [5.41, 5.74) is 0.538. The fraction of sp³-hybridized carbons (Fsp3) is 0.647. The maximum absolute atomic E-state index is 10.9. The molecule has 1 aliphatic rings. The van der Waals surface area contributed by atoms with E-state index in [1.807, 2.05) is 18.2 Å². The molecule has 1 aromatic carbocycles. The molecule has 0 amide bonds. The number of halogens is 1. The maximum atomic E-state index is 10.9. The van der Waals surface area contributed by atoms with Crippen LogP contribution in [0.4, 0.5) is 0 Å². The summed E-state index contributed by atoms with van der Waals surface area (Å²) in [6, 6.07) is 6.51. The van der Waals surface area contributed by atoms with Crippen LogP contribution in [0.5, 0.6) is 5.75 Å². The Morgan fingerprint density at radius 3 is 2.71 bits per heavy atom. The van der Waals surface area contributed by atoms with Crippen molar-refractivity contribution in [1.82, 2.24) is 5.32 Å². The highest BCUT2D eigenvalue weighted by Gasteiger charge is 2.33. The van der Waals surface area contributed by atoms with Crippen molar-refractivity contribution >= 4 is 15.9 Å². The van der Waals surface area contributed by atoms with E-state index in [9.17, 15) is 5.11 Å². The van der Waals surface area contributed by atoms with E-state index in [1.54, 1.807) is 7.11 Å². The standard InChI is InChI=1S/C17H26BrNO2/c1-3-10-19-14-6-8-17(20,9-7-14)12-13-11-15(21-2)4-5-16(13)18/h4-5,11,14,19-20H,3,6-10,12H2,1-2H3. The van der Waals surface area contributed by atoms with Crippen LogP contribution in [0.2, 0.25) is 0 Å². The molecule has 0 aromatic heterocycles. The molecule has 0 bridgehead atoms. The summed E-state index contributed by atoms with van der Waals surface area (Å²) in [5, 5.41) is 14.4. The van der Waals surface area contributed by atoms with Crippen LogP contribution >= 0.6 is 15.9 Å². The average Bonchev–Trinajstić information content (AvgIpc) is 2.49. The van der Waals surface area contributed by atoms with Crippen LogP contribution < -0.4 is 10.1 Å². The minimum Gasteiger partial charge on any atom is -0.497 e. The SMILES string of the molecule is CCCNC1CCC(O)(Cc2cc(OC)ccc2Br)CC1. The molecule has 0 aliphatic heterocycles. The van der Waals surface area contributed by atoms with Gasteiger partial charge in [-0.15, -0.1) is 0 Å². The fourth-order valence-electron chi connectivity index (χ4n) is 3.05. The Balaban J connectivity index is 1.96. The molecule has 0 spiro atoms. The highest BCUT2D eigenvalue weighted by Crippen LogP contribution is 2.34. The van der Waals surface area contributed by atoms with Crippen molar-refractivity contribution in [3.05, 3.63) is 28.2 Å². The second kappa shape index (κ2) is 7.61. The van der Waals surface area contributed by atoms with Crippen LogP contribution in [0.15, 0.2) is 22.7 Å². The lowest BCUT2D eigenvalue weighted by atomic mass is 9.78. The number of hydrogen-bond acceptors (Lipinski definition) is 3. The molecule has 1 aromatic rings. The van der Waals surface area contributed by atoms with E-state index in [0.29, 0.717) is 12.5 Å². The smallest absolute Gasteiger partial charge is 0.119 e. The summed E-state index contributed by atoms with van der Waals surface area (Å²) in [5.74, 6) is 0.843. The van der Waals surface area contributed by atoms with Crippen LogP contribution in [0, 0.1) is 0 Å². The molecular formula is C17H26BrNO2. The number of nitrogens with one attached hydrogen (secondary N) is 1. The molecule has 0 atom stereocenters. The fourth-order valence-corrected chi connectivity index (χ4v) is 3.44. The van der Waals surface area contributed by atoms with Crippen LogP contribution in [0.3, 0.4) is 0 Å². The predicted molar refractivity (Wildman–Crippen MR) is 89.9 cm³/mol. The van der Waals surface area contributed by atoms with E-state index < -0.39 is 5.60 Å². The molecule has 118 valence electrons. The van der Waals surface area contributed by atoms with Crippen LogP contribution in [-0.4, -0.2) is 30.4 Å². The molecule has 21 heavy (non-hydrogen) atoms.